The van der Waals surface area contributed by atoms with Gasteiger partial charge in [0.25, 0.3) is 0 Å². The molecule has 0 rings (SSSR count). The first kappa shape index (κ1) is 7.49. The zero-order chi connectivity index (χ0) is 6.78. The third-order valence-corrected chi connectivity index (χ3v) is 1.49. The molecular weight excluding hydrogens is 98.1 g/mol. The molecule has 0 saturated heterocycles. The summed E-state index contributed by atoms with van der Waals surface area (Å²) in [5, 5.41) is 8.42. The van der Waals surface area contributed by atoms with Crippen LogP contribution in [0.25, 0.3) is 0 Å². The smallest absolute Gasteiger partial charge is 0.0658 e. The van der Waals surface area contributed by atoms with Crippen molar-refractivity contribution in [2.75, 3.05) is 0 Å². The van der Waals surface area contributed by atoms with Crippen LogP contribution in [0.15, 0.2) is 0 Å². The van der Waals surface area contributed by atoms with Gasteiger partial charge in [0.1, 0.15) is 0 Å². The molecule has 0 N–H and O–H groups in total. The van der Waals surface area contributed by atoms with Gasteiger partial charge in [0.15, 0.2) is 0 Å². The summed E-state index contributed by atoms with van der Waals surface area (Å²) in [7, 11) is 0. The Balaban J connectivity index is 3.87. The second-order valence-corrected chi connectivity index (χ2v) is 3.22. The molecule has 0 aromatic carbocycles. The molecule has 0 aliphatic rings. The lowest BCUT2D eigenvalue weighted by Gasteiger charge is -2.19. The van der Waals surface area contributed by atoms with Crippen molar-refractivity contribution in [1.29, 1.82) is 5.26 Å². The van der Waals surface area contributed by atoms with E-state index >= 15 is 0 Å². The summed E-state index contributed by atoms with van der Waals surface area (Å²) in [6.07, 6.45) is 0. The summed E-state index contributed by atoms with van der Waals surface area (Å²) >= 11 is 0. The van der Waals surface area contributed by atoms with Gasteiger partial charge in [-0.2, -0.15) is 5.26 Å². The largest absolute Gasteiger partial charge is 0.198 e. The Morgan fingerprint density at radius 3 is 1.75 bits per heavy atom. The predicted molar refractivity (Wildman–Crippen MR) is 34.2 cm³/mol. The predicted octanol–water partition coefficient (Wildman–Crippen LogP) is 2.19. The molecule has 0 amide bonds. The minimum absolute atomic E-state index is 0.148. The molecule has 1 atom stereocenters. The van der Waals surface area contributed by atoms with Gasteiger partial charge in [-0.05, 0) is 12.3 Å². The van der Waals surface area contributed by atoms with Gasteiger partial charge in [-0.25, -0.2) is 0 Å². The molecule has 0 aliphatic carbocycles. The average molecular weight is 111 g/mol. The zero-order valence-corrected chi connectivity index (χ0v) is 6.02. The maximum atomic E-state index is 8.42. The summed E-state index contributed by atoms with van der Waals surface area (Å²) in [6.45, 7) is 8.16. The van der Waals surface area contributed by atoms with Crippen LogP contribution in [0.5, 0.6) is 0 Å². The second-order valence-electron chi connectivity index (χ2n) is 3.22. The van der Waals surface area contributed by atoms with Gasteiger partial charge < -0.3 is 0 Å². The molecule has 0 heterocycles. The molecule has 0 radical (unpaired) electrons. The van der Waals surface area contributed by atoms with Crippen LogP contribution in [0.1, 0.15) is 27.7 Å². The molecule has 1 unspecified atom stereocenters. The summed E-state index contributed by atoms with van der Waals surface area (Å²) < 4.78 is 0. The lowest BCUT2D eigenvalue weighted by Crippen LogP contribution is -2.14. The molecule has 0 aromatic rings. The van der Waals surface area contributed by atoms with Crippen LogP contribution < -0.4 is 0 Å². The number of nitrogens with zero attached hydrogens (tertiary/aromatic N) is 1. The van der Waals surface area contributed by atoms with E-state index < -0.39 is 0 Å². The lowest BCUT2D eigenvalue weighted by molar-refractivity contribution is 0.322. The van der Waals surface area contributed by atoms with Gasteiger partial charge in [-0.3, -0.25) is 0 Å². The van der Waals surface area contributed by atoms with Crippen LogP contribution in [0.3, 0.4) is 0 Å². The Kier molecular flexibility index (Phi) is 2.03. The van der Waals surface area contributed by atoms with Crippen LogP contribution in [0.2, 0.25) is 0 Å². The van der Waals surface area contributed by atoms with Gasteiger partial charge in [-0.1, -0.05) is 20.8 Å². The molecular formula is C7H13N. The minimum Gasteiger partial charge on any atom is -0.198 e. The van der Waals surface area contributed by atoms with E-state index in [0.29, 0.717) is 0 Å². The fourth-order valence-electron chi connectivity index (χ4n) is 0.194. The van der Waals surface area contributed by atoms with Crippen molar-refractivity contribution in [3.63, 3.8) is 0 Å². The van der Waals surface area contributed by atoms with Crippen molar-refractivity contribution in [3.05, 3.63) is 0 Å². The van der Waals surface area contributed by atoms with Crippen molar-refractivity contribution in [3.8, 4) is 6.07 Å². The van der Waals surface area contributed by atoms with Crippen molar-refractivity contribution < 1.29 is 0 Å². The topological polar surface area (TPSA) is 23.8 Å². The van der Waals surface area contributed by atoms with Gasteiger partial charge in [-0.15, -0.1) is 0 Å². The normalized spacial score (nSPS) is 14.9. The van der Waals surface area contributed by atoms with Crippen LogP contribution in [-0.2, 0) is 0 Å². The summed E-state index contributed by atoms with van der Waals surface area (Å²) in [6, 6.07) is 2.20. The van der Waals surface area contributed by atoms with Crippen molar-refractivity contribution >= 4 is 0 Å². The molecule has 1 nitrogen and oxygen atoms in total. The van der Waals surface area contributed by atoms with Gasteiger partial charge in [0.05, 0.1) is 6.07 Å². The van der Waals surface area contributed by atoms with Crippen LogP contribution in [0.4, 0.5) is 0 Å². The molecule has 0 bridgehead atoms. The second kappa shape index (κ2) is 2.17. The fraction of sp³-hybridized carbons (Fsp3) is 0.857. The van der Waals surface area contributed by atoms with Crippen molar-refractivity contribution in [1.82, 2.24) is 0 Å². The highest BCUT2D eigenvalue weighted by Crippen LogP contribution is 2.23. The van der Waals surface area contributed by atoms with Gasteiger partial charge in [0, 0.05) is 5.92 Å². The number of hydrogen-bond acceptors (Lipinski definition) is 1. The Hall–Kier alpha value is -0.510. The van der Waals surface area contributed by atoms with E-state index in [4.69, 9.17) is 5.26 Å². The zero-order valence-electron chi connectivity index (χ0n) is 6.02. The van der Waals surface area contributed by atoms with E-state index in [-0.39, 0.29) is 11.3 Å². The van der Waals surface area contributed by atoms with E-state index in [2.05, 4.69) is 26.8 Å². The number of rotatable bonds is 0. The Labute approximate surface area is 51.3 Å². The summed E-state index contributed by atoms with van der Waals surface area (Å²) in [4.78, 5) is 0. The third-order valence-electron chi connectivity index (χ3n) is 1.49. The molecule has 46 valence electrons. The molecule has 0 fully saturated rings. The lowest BCUT2D eigenvalue weighted by atomic mass is 9.83. The van der Waals surface area contributed by atoms with Gasteiger partial charge >= 0.3 is 0 Å². The SMILES string of the molecule is CC(C#N)C(C)(C)C. The molecule has 8 heavy (non-hydrogen) atoms. The maximum Gasteiger partial charge on any atom is 0.0658 e. The molecule has 1 heteroatoms. The fourth-order valence-corrected chi connectivity index (χ4v) is 0.194. The first-order chi connectivity index (χ1) is 3.48. The summed E-state index contributed by atoms with van der Waals surface area (Å²) in [5.74, 6) is 0.155. The monoisotopic (exact) mass is 111 g/mol. The standard InChI is InChI=1S/C7H13N/c1-6(5-8)7(2,3)4/h6H,1-4H3. The van der Waals surface area contributed by atoms with Crippen molar-refractivity contribution in [2.24, 2.45) is 11.3 Å². The van der Waals surface area contributed by atoms with Crippen LogP contribution >= 0.6 is 0 Å². The number of nitriles is 1. The van der Waals surface area contributed by atoms with Crippen molar-refractivity contribution in [2.45, 2.75) is 27.7 Å². The highest BCUT2D eigenvalue weighted by molar-refractivity contribution is 4.87. The summed E-state index contributed by atoms with van der Waals surface area (Å²) in [5.41, 5.74) is 0.148. The highest BCUT2D eigenvalue weighted by Gasteiger charge is 2.18. The minimum atomic E-state index is 0.148. The van der Waals surface area contributed by atoms with E-state index in [0.717, 1.165) is 0 Å². The Morgan fingerprint density at radius 1 is 1.38 bits per heavy atom. The van der Waals surface area contributed by atoms with Crippen LogP contribution in [-0.4, -0.2) is 0 Å². The van der Waals surface area contributed by atoms with E-state index in [1.165, 1.54) is 0 Å². The quantitative estimate of drug-likeness (QED) is 0.470. The average Bonchev–Trinajstić information content (AvgIpc) is 1.62. The molecule has 0 aliphatic heterocycles. The first-order valence-corrected chi connectivity index (χ1v) is 2.88. The Bertz CT molecular complexity index is 103. The molecule has 0 aromatic heterocycles. The Morgan fingerprint density at radius 2 is 1.75 bits per heavy atom. The van der Waals surface area contributed by atoms with E-state index in [1.54, 1.807) is 0 Å². The highest BCUT2D eigenvalue weighted by atomic mass is 14.3. The van der Waals surface area contributed by atoms with E-state index in [1.807, 2.05) is 6.92 Å². The maximum absolute atomic E-state index is 8.42. The van der Waals surface area contributed by atoms with Crippen LogP contribution in [0, 0.1) is 22.7 Å². The third kappa shape index (κ3) is 1.97. The molecule has 0 saturated carbocycles. The molecule has 0 spiro atoms. The van der Waals surface area contributed by atoms with E-state index in [9.17, 15) is 0 Å². The number of hydrogen-bond donors (Lipinski definition) is 0. The first-order valence-electron chi connectivity index (χ1n) is 2.88. The van der Waals surface area contributed by atoms with Gasteiger partial charge in [0.2, 0.25) is 0 Å².